The van der Waals surface area contributed by atoms with Crippen molar-refractivity contribution in [1.29, 1.82) is 0 Å². The molecule has 0 aliphatic carbocycles. The topological polar surface area (TPSA) is 86.3 Å². The molecule has 1 N–H and O–H groups in total. The predicted molar refractivity (Wildman–Crippen MR) is 92.6 cm³/mol. The lowest BCUT2D eigenvalue weighted by Gasteiger charge is -2.05. The van der Waals surface area contributed by atoms with Gasteiger partial charge in [-0.25, -0.2) is 14.5 Å². The van der Waals surface area contributed by atoms with Crippen LogP contribution in [0.2, 0.25) is 0 Å². The molecule has 0 aliphatic heterocycles. The largest absolute Gasteiger partial charge is 0.471 e. The molecule has 2 aromatic heterocycles. The number of carbonyl (C=O) groups is 1. The Kier molecular flexibility index (Phi) is 5.90. The number of hydrogen-bond donors (Lipinski definition) is 1. The van der Waals surface area contributed by atoms with Gasteiger partial charge in [0.15, 0.2) is 12.4 Å². The summed E-state index contributed by atoms with van der Waals surface area (Å²) in [7, 11) is 0. The van der Waals surface area contributed by atoms with E-state index in [0.29, 0.717) is 10.4 Å². The van der Waals surface area contributed by atoms with Crippen LogP contribution in [0.3, 0.4) is 0 Å². The highest BCUT2D eigenvalue weighted by Gasteiger charge is 2.28. The highest BCUT2D eigenvalue weighted by molar-refractivity contribution is 5.92. The lowest BCUT2D eigenvalue weighted by Crippen LogP contribution is -2.19. The minimum Gasteiger partial charge on any atom is -0.471 e. The Balaban J connectivity index is 1.49. The fourth-order valence-corrected chi connectivity index (χ4v) is 2.16. The minimum atomic E-state index is -4.38. The van der Waals surface area contributed by atoms with E-state index < -0.39 is 18.6 Å². The van der Waals surface area contributed by atoms with Crippen LogP contribution in [0.4, 0.5) is 17.6 Å². The average molecular weight is 410 g/mol. The normalized spacial score (nSPS) is 11.7. The predicted octanol–water partition coefficient (Wildman–Crippen LogP) is 2.58. The zero-order valence-electron chi connectivity index (χ0n) is 14.7. The number of aromatic nitrogens is 4. The van der Waals surface area contributed by atoms with E-state index in [1.165, 1.54) is 47.3 Å². The molecule has 0 saturated carbocycles. The Morgan fingerprint density at radius 2 is 1.83 bits per heavy atom. The van der Waals surface area contributed by atoms with Crippen molar-refractivity contribution in [2.75, 3.05) is 0 Å². The molecule has 12 heteroatoms. The molecule has 0 atom stereocenters. The number of halogens is 4. The maximum absolute atomic E-state index is 12.8. The summed E-state index contributed by atoms with van der Waals surface area (Å²) in [4.78, 5) is 12.0. The van der Waals surface area contributed by atoms with Crippen molar-refractivity contribution < 1.29 is 27.1 Å². The van der Waals surface area contributed by atoms with E-state index in [1.807, 2.05) is 0 Å². The maximum Gasteiger partial charge on any atom is 0.408 e. The van der Waals surface area contributed by atoms with Gasteiger partial charge < -0.3 is 4.74 Å². The van der Waals surface area contributed by atoms with Crippen LogP contribution in [0.1, 0.15) is 16.2 Å². The second-order valence-electron chi connectivity index (χ2n) is 5.72. The van der Waals surface area contributed by atoms with E-state index in [-0.39, 0.29) is 23.9 Å². The van der Waals surface area contributed by atoms with Crippen LogP contribution in [-0.2, 0) is 13.3 Å². The van der Waals surface area contributed by atoms with Crippen LogP contribution >= 0.6 is 0 Å². The second-order valence-corrected chi connectivity index (χ2v) is 5.72. The molecule has 29 heavy (non-hydrogen) atoms. The Hall–Kier alpha value is -3.70. The van der Waals surface area contributed by atoms with Crippen molar-refractivity contribution in [3.63, 3.8) is 0 Å². The van der Waals surface area contributed by atoms with Crippen LogP contribution in [0.15, 0.2) is 53.9 Å². The van der Waals surface area contributed by atoms with Gasteiger partial charge in [0.05, 0.1) is 6.21 Å². The maximum atomic E-state index is 12.8. The molecule has 8 nitrogen and oxygen atoms in total. The van der Waals surface area contributed by atoms with Crippen molar-refractivity contribution >= 4 is 12.1 Å². The van der Waals surface area contributed by atoms with Crippen LogP contribution in [0.5, 0.6) is 5.75 Å². The highest BCUT2D eigenvalue weighted by atomic mass is 19.4. The van der Waals surface area contributed by atoms with Crippen LogP contribution in [-0.4, -0.2) is 37.9 Å². The molecule has 3 aromatic rings. The average Bonchev–Trinajstić information content (AvgIpc) is 3.29. The number of carbonyl (C=O) groups excluding carboxylic acids is 1. The number of nitrogens with one attached hydrogen (secondary N) is 1. The van der Waals surface area contributed by atoms with Gasteiger partial charge in [-0.05, 0) is 36.4 Å². The smallest absolute Gasteiger partial charge is 0.408 e. The van der Waals surface area contributed by atoms with Crippen molar-refractivity contribution in [1.82, 2.24) is 25.0 Å². The molecule has 0 saturated heterocycles. The summed E-state index contributed by atoms with van der Waals surface area (Å²) in [6.07, 6.45) is -0.617. The molecule has 2 heterocycles. The van der Waals surface area contributed by atoms with Gasteiger partial charge in [0.1, 0.15) is 23.8 Å². The van der Waals surface area contributed by atoms with Gasteiger partial charge in [-0.1, -0.05) is 0 Å². The SMILES string of the molecule is O=C(NN=Cc1ccn(CC(F)(F)F)n1)c1ccn(COc2ccc(F)cc2)n1. The van der Waals surface area contributed by atoms with Crippen molar-refractivity contribution in [3.8, 4) is 5.75 Å². The molecular weight excluding hydrogens is 396 g/mol. The molecule has 0 unspecified atom stereocenters. The number of hydrazone groups is 1. The monoisotopic (exact) mass is 410 g/mol. The number of hydrogen-bond acceptors (Lipinski definition) is 5. The third kappa shape index (κ3) is 6.16. The molecule has 3 rings (SSSR count). The fourth-order valence-electron chi connectivity index (χ4n) is 2.16. The summed E-state index contributed by atoms with van der Waals surface area (Å²) in [6.45, 7) is -1.22. The lowest BCUT2D eigenvalue weighted by atomic mass is 10.3. The highest BCUT2D eigenvalue weighted by Crippen LogP contribution is 2.16. The van der Waals surface area contributed by atoms with E-state index in [1.54, 1.807) is 0 Å². The third-order valence-corrected chi connectivity index (χ3v) is 3.42. The molecule has 1 amide bonds. The molecule has 0 spiro atoms. The molecule has 0 aliphatic rings. The summed E-state index contributed by atoms with van der Waals surface area (Å²) in [6, 6.07) is 8.16. The number of nitrogens with zero attached hydrogens (tertiary/aromatic N) is 5. The van der Waals surface area contributed by atoms with Gasteiger partial charge in [-0.3, -0.25) is 9.48 Å². The first-order valence-electron chi connectivity index (χ1n) is 8.14. The van der Waals surface area contributed by atoms with E-state index >= 15 is 0 Å². The number of amides is 1. The van der Waals surface area contributed by atoms with Gasteiger partial charge in [-0.15, -0.1) is 0 Å². The van der Waals surface area contributed by atoms with Crippen molar-refractivity contribution in [2.24, 2.45) is 5.10 Å². The van der Waals surface area contributed by atoms with Crippen LogP contribution in [0.25, 0.3) is 0 Å². The van der Waals surface area contributed by atoms with Gasteiger partial charge in [0, 0.05) is 12.4 Å². The fraction of sp³-hybridized carbons (Fsp3) is 0.176. The first-order chi connectivity index (χ1) is 13.8. The molecule has 152 valence electrons. The number of alkyl halides is 3. The van der Waals surface area contributed by atoms with E-state index in [4.69, 9.17) is 4.74 Å². The molecular formula is C17H14F4N6O2. The van der Waals surface area contributed by atoms with E-state index in [9.17, 15) is 22.4 Å². The number of ether oxygens (including phenoxy) is 1. The van der Waals surface area contributed by atoms with E-state index in [0.717, 1.165) is 12.4 Å². The lowest BCUT2D eigenvalue weighted by molar-refractivity contribution is -0.142. The molecule has 0 fully saturated rings. The van der Waals surface area contributed by atoms with Gasteiger partial charge in [-0.2, -0.15) is 28.5 Å². The summed E-state index contributed by atoms with van der Waals surface area (Å²) in [5.41, 5.74) is 2.39. The number of rotatable bonds is 7. The minimum absolute atomic E-state index is 0.00117. The zero-order valence-corrected chi connectivity index (χ0v) is 14.7. The quantitative estimate of drug-likeness (QED) is 0.369. The summed E-state index contributed by atoms with van der Waals surface area (Å²) < 4.78 is 57.1. The first-order valence-corrected chi connectivity index (χ1v) is 8.14. The van der Waals surface area contributed by atoms with Gasteiger partial charge in [0.25, 0.3) is 5.91 Å². The van der Waals surface area contributed by atoms with Gasteiger partial charge in [0.2, 0.25) is 0 Å². The van der Waals surface area contributed by atoms with E-state index in [2.05, 4.69) is 20.7 Å². The number of benzene rings is 1. The Labute approximate surface area is 161 Å². The molecule has 1 aromatic carbocycles. The summed E-state index contributed by atoms with van der Waals surface area (Å²) >= 11 is 0. The van der Waals surface area contributed by atoms with Crippen LogP contribution < -0.4 is 10.2 Å². The zero-order chi connectivity index (χ0) is 20.9. The molecule has 0 bridgehead atoms. The summed E-state index contributed by atoms with van der Waals surface area (Å²) in [5, 5.41) is 11.3. The standard InChI is InChI=1S/C17H14F4N6O2/c18-12-1-3-14(4-2-12)29-11-27-8-6-15(25-27)16(28)23-22-9-13-5-7-26(24-13)10-17(19,20)21/h1-9H,10-11H2,(H,23,28). The first kappa shape index (κ1) is 20.0. The second kappa shape index (κ2) is 8.54. The summed E-state index contributed by atoms with van der Waals surface area (Å²) in [5.74, 6) is -0.581. The Bertz CT molecular complexity index is 994. The van der Waals surface area contributed by atoms with Crippen molar-refractivity contribution in [3.05, 3.63) is 66.0 Å². The Morgan fingerprint density at radius 3 is 2.55 bits per heavy atom. The third-order valence-electron chi connectivity index (χ3n) is 3.42. The molecule has 0 radical (unpaired) electrons. The van der Waals surface area contributed by atoms with Crippen LogP contribution in [0, 0.1) is 5.82 Å². The van der Waals surface area contributed by atoms with Crippen molar-refractivity contribution in [2.45, 2.75) is 19.5 Å². The van der Waals surface area contributed by atoms with Gasteiger partial charge >= 0.3 is 6.18 Å². The Morgan fingerprint density at radius 1 is 1.10 bits per heavy atom.